The summed E-state index contributed by atoms with van der Waals surface area (Å²) in [6.45, 7) is 3.91. The maximum absolute atomic E-state index is 12.2. The Kier molecular flexibility index (Phi) is 8.65. The lowest BCUT2D eigenvalue weighted by Crippen LogP contribution is -2.36. The minimum Gasteiger partial charge on any atom is -0.493 e. The summed E-state index contributed by atoms with van der Waals surface area (Å²) in [7, 11) is 5.73. The molecule has 1 aliphatic carbocycles. The Morgan fingerprint density at radius 3 is 2.63 bits per heavy atom. The van der Waals surface area contributed by atoms with Gasteiger partial charge in [0, 0.05) is 18.7 Å². The average Bonchev–Trinajstić information content (AvgIpc) is 2.65. The fraction of sp³-hybridized carbons (Fsp3) is 0.591. The average molecular weight is 375 g/mol. The van der Waals surface area contributed by atoms with Gasteiger partial charge in [0.05, 0.1) is 13.7 Å². The van der Waals surface area contributed by atoms with E-state index >= 15 is 0 Å². The highest BCUT2D eigenvalue weighted by Crippen LogP contribution is 2.28. The zero-order chi connectivity index (χ0) is 19.6. The largest absolute Gasteiger partial charge is 0.493 e. The lowest BCUT2D eigenvalue weighted by atomic mass is 9.87. The van der Waals surface area contributed by atoms with E-state index in [2.05, 4.69) is 17.1 Å². The van der Waals surface area contributed by atoms with Gasteiger partial charge in [-0.2, -0.15) is 0 Å². The number of carbonyl (C=O) groups excluding carboxylic acids is 1. The van der Waals surface area contributed by atoms with Crippen molar-refractivity contribution in [2.24, 2.45) is 5.92 Å². The van der Waals surface area contributed by atoms with E-state index in [1.807, 2.05) is 38.4 Å². The molecule has 0 bridgehead atoms. The molecule has 0 aliphatic heterocycles. The Balaban J connectivity index is 1.86. The van der Waals surface area contributed by atoms with E-state index in [-0.39, 0.29) is 5.91 Å². The second kappa shape index (κ2) is 11.0. The molecule has 0 spiro atoms. The zero-order valence-corrected chi connectivity index (χ0v) is 17.2. The molecule has 1 aromatic carbocycles. The highest BCUT2D eigenvalue weighted by molar-refractivity contribution is 5.92. The number of nitrogens with one attached hydrogen (secondary N) is 1. The fourth-order valence-corrected chi connectivity index (χ4v) is 3.30. The Labute approximate surface area is 163 Å². The monoisotopic (exact) mass is 374 g/mol. The maximum atomic E-state index is 12.2. The van der Waals surface area contributed by atoms with Crippen LogP contribution in [0.15, 0.2) is 24.3 Å². The van der Waals surface area contributed by atoms with E-state index in [9.17, 15) is 4.79 Å². The number of methoxy groups -OCH3 is 1. The molecule has 150 valence electrons. The number of amides is 1. The third-order valence-electron chi connectivity index (χ3n) is 4.98. The zero-order valence-electron chi connectivity index (χ0n) is 17.2. The van der Waals surface area contributed by atoms with Crippen molar-refractivity contribution in [3.05, 3.63) is 29.8 Å². The third kappa shape index (κ3) is 7.63. The molecular weight excluding hydrogens is 340 g/mol. The molecule has 0 heterocycles. The van der Waals surface area contributed by atoms with Crippen LogP contribution in [0.5, 0.6) is 11.5 Å². The fourth-order valence-electron chi connectivity index (χ4n) is 3.30. The minimum atomic E-state index is -0.0301. The van der Waals surface area contributed by atoms with Gasteiger partial charge in [-0.25, -0.2) is 0 Å². The molecule has 0 saturated heterocycles. The molecule has 1 saturated carbocycles. The number of hydrogen-bond donors (Lipinski definition) is 1. The van der Waals surface area contributed by atoms with E-state index in [1.54, 1.807) is 13.2 Å². The Morgan fingerprint density at radius 2 is 1.96 bits per heavy atom. The van der Waals surface area contributed by atoms with E-state index in [4.69, 9.17) is 9.47 Å². The van der Waals surface area contributed by atoms with Crippen molar-refractivity contribution < 1.29 is 14.3 Å². The smallest absolute Gasteiger partial charge is 0.244 e. The van der Waals surface area contributed by atoms with E-state index in [0.717, 1.165) is 43.0 Å². The molecule has 1 amide bonds. The first-order chi connectivity index (χ1) is 13.0. The van der Waals surface area contributed by atoms with Crippen LogP contribution in [0.25, 0.3) is 6.08 Å². The summed E-state index contributed by atoms with van der Waals surface area (Å²) < 4.78 is 11.2. The third-order valence-corrected chi connectivity index (χ3v) is 4.98. The highest BCUT2D eigenvalue weighted by Gasteiger charge is 2.18. The number of benzene rings is 1. The molecule has 1 N–H and O–H groups in total. The standard InChI is InChI=1S/C22H34N2O3/c1-17-6-10-19(11-7-17)23-22(25)13-9-18-8-12-20(21(16-18)26-4)27-15-5-14-24(2)3/h8-9,12-13,16-17,19H,5-7,10-11,14-15H2,1-4H3,(H,23,25)/t17-,19-. The van der Waals surface area contributed by atoms with Crippen LogP contribution in [0.4, 0.5) is 0 Å². The van der Waals surface area contributed by atoms with Crippen molar-refractivity contribution >= 4 is 12.0 Å². The van der Waals surface area contributed by atoms with Gasteiger partial charge < -0.3 is 19.7 Å². The van der Waals surface area contributed by atoms with Gasteiger partial charge in [0.25, 0.3) is 0 Å². The molecule has 0 radical (unpaired) electrons. The Morgan fingerprint density at radius 1 is 1.22 bits per heavy atom. The number of nitrogens with zero attached hydrogens (tertiary/aromatic N) is 1. The molecule has 1 fully saturated rings. The minimum absolute atomic E-state index is 0.0301. The summed E-state index contributed by atoms with van der Waals surface area (Å²) in [4.78, 5) is 14.3. The molecule has 5 heteroatoms. The van der Waals surface area contributed by atoms with Crippen molar-refractivity contribution in [3.63, 3.8) is 0 Å². The van der Waals surface area contributed by atoms with Crippen molar-refractivity contribution in [1.82, 2.24) is 10.2 Å². The first-order valence-corrected chi connectivity index (χ1v) is 9.92. The van der Waals surface area contributed by atoms with Gasteiger partial charge in [-0.05, 0) is 75.9 Å². The lowest BCUT2D eigenvalue weighted by Gasteiger charge is -2.26. The molecule has 1 aromatic rings. The molecule has 5 nitrogen and oxygen atoms in total. The Bertz CT molecular complexity index is 620. The summed E-state index contributed by atoms with van der Waals surface area (Å²) in [5, 5.41) is 3.11. The number of carbonyl (C=O) groups is 1. The highest BCUT2D eigenvalue weighted by atomic mass is 16.5. The molecule has 0 atom stereocenters. The van der Waals surface area contributed by atoms with Crippen LogP contribution in [-0.4, -0.2) is 51.2 Å². The molecule has 1 aliphatic rings. The van der Waals surface area contributed by atoms with Gasteiger partial charge in [0.1, 0.15) is 0 Å². The summed E-state index contributed by atoms with van der Waals surface area (Å²) in [5.41, 5.74) is 0.917. The van der Waals surface area contributed by atoms with Crippen LogP contribution in [0.2, 0.25) is 0 Å². The van der Waals surface area contributed by atoms with E-state index in [1.165, 1.54) is 12.8 Å². The summed E-state index contributed by atoms with van der Waals surface area (Å²) in [5.74, 6) is 2.17. The van der Waals surface area contributed by atoms with Crippen LogP contribution in [0, 0.1) is 5.92 Å². The van der Waals surface area contributed by atoms with E-state index < -0.39 is 0 Å². The molecule has 0 unspecified atom stereocenters. The summed E-state index contributed by atoms with van der Waals surface area (Å²) >= 11 is 0. The van der Waals surface area contributed by atoms with Gasteiger partial charge in [-0.15, -0.1) is 0 Å². The van der Waals surface area contributed by atoms with Crippen molar-refractivity contribution in [3.8, 4) is 11.5 Å². The number of ether oxygens (including phenoxy) is 2. The predicted molar refractivity (Wildman–Crippen MR) is 110 cm³/mol. The van der Waals surface area contributed by atoms with E-state index in [0.29, 0.717) is 18.4 Å². The summed E-state index contributed by atoms with van der Waals surface area (Å²) in [6.07, 6.45) is 8.92. The first kappa shape index (κ1) is 21.3. The molecule has 2 rings (SSSR count). The van der Waals surface area contributed by atoms with Gasteiger partial charge in [0.15, 0.2) is 11.5 Å². The lowest BCUT2D eigenvalue weighted by molar-refractivity contribution is -0.117. The SMILES string of the molecule is COc1cc(C=CC(=O)N[C@H]2CC[C@H](C)CC2)ccc1OCCCN(C)C. The van der Waals surface area contributed by atoms with Crippen LogP contribution in [0.1, 0.15) is 44.6 Å². The number of hydrogen-bond acceptors (Lipinski definition) is 4. The van der Waals surface area contributed by atoms with Crippen molar-refractivity contribution in [2.45, 2.75) is 45.1 Å². The van der Waals surface area contributed by atoms with Crippen LogP contribution in [-0.2, 0) is 4.79 Å². The quantitative estimate of drug-likeness (QED) is 0.528. The second-order valence-corrected chi connectivity index (χ2v) is 7.71. The van der Waals surface area contributed by atoms with Crippen LogP contribution < -0.4 is 14.8 Å². The van der Waals surface area contributed by atoms with Crippen LogP contribution >= 0.6 is 0 Å². The van der Waals surface area contributed by atoms with Crippen molar-refractivity contribution in [1.29, 1.82) is 0 Å². The molecule has 0 aromatic heterocycles. The first-order valence-electron chi connectivity index (χ1n) is 9.92. The van der Waals surface area contributed by atoms with Gasteiger partial charge >= 0.3 is 0 Å². The predicted octanol–water partition coefficient (Wildman–Crippen LogP) is 3.73. The van der Waals surface area contributed by atoms with Gasteiger partial charge in [0.2, 0.25) is 5.91 Å². The second-order valence-electron chi connectivity index (χ2n) is 7.71. The molecule has 27 heavy (non-hydrogen) atoms. The van der Waals surface area contributed by atoms with Gasteiger partial charge in [-0.3, -0.25) is 4.79 Å². The summed E-state index contributed by atoms with van der Waals surface area (Å²) in [6, 6.07) is 6.04. The van der Waals surface area contributed by atoms with Crippen LogP contribution in [0.3, 0.4) is 0 Å². The van der Waals surface area contributed by atoms with Crippen molar-refractivity contribution in [2.75, 3.05) is 34.4 Å². The topological polar surface area (TPSA) is 50.8 Å². The maximum Gasteiger partial charge on any atom is 0.244 e. The Hall–Kier alpha value is -2.01. The molecular formula is C22H34N2O3. The number of rotatable bonds is 9. The normalized spacial score (nSPS) is 20.0. The van der Waals surface area contributed by atoms with Gasteiger partial charge in [-0.1, -0.05) is 13.0 Å².